The Morgan fingerprint density at radius 3 is 3.00 bits per heavy atom. The molecule has 0 spiro atoms. The second-order valence-electron chi connectivity index (χ2n) is 4.23. The molecular formula is C12H15BrN2OS. The van der Waals surface area contributed by atoms with Crippen LogP contribution in [0.15, 0.2) is 21.5 Å². The number of nitrogens with zero attached hydrogens (tertiary/aromatic N) is 1. The molecule has 0 radical (unpaired) electrons. The van der Waals surface area contributed by atoms with Crippen LogP contribution >= 0.6 is 27.7 Å². The van der Waals surface area contributed by atoms with Gasteiger partial charge >= 0.3 is 0 Å². The van der Waals surface area contributed by atoms with Crippen molar-refractivity contribution >= 4 is 39.3 Å². The molecule has 1 heterocycles. The smallest absolute Gasteiger partial charge is 0.240 e. The maximum atomic E-state index is 11.9. The number of anilines is 1. The van der Waals surface area contributed by atoms with E-state index in [0.717, 1.165) is 21.6 Å². The molecule has 92 valence electrons. The zero-order valence-corrected chi connectivity index (χ0v) is 12.3. The van der Waals surface area contributed by atoms with Crippen LogP contribution in [0.25, 0.3) is 0 Å². The number of halogens is 1. The van der Waals surface area contributed by atoms with E-state index in [1.165, 1.54) is 5.56 Å². The molecule has 0 saturated carbocycles. The Bertz CT molecular complexity index is 464. The number of thioether (sulfide) groups is 1. The number of benzene rings is 1. The fraction of sp³-hybridized carbons (Fsp3) is 0.417. The van der Waals surface area contributed by atoms with E-state index in [4.69, 9.17) is 5.73 Å². The van der Waals surface area contributed by atoms with E-state index in [2.05, 4.69) is 35.8 Å². The van der Waals surface area contributed by atoms with Crippen molar-refractivity contribution in [1.82, 2.24) is 0 Å². The first kappa shape index (κ1) is 12.9. The number of carbonyl (C=O) groups excluding carboxylic acids is 1. The van der Waals surface area contributed by atoms with Gasteiger partial charge in [0.15, 0.2) is 0 Å². The van der Waals surface area contributed by atoms with Crippen LogP contribution in [0.4, 0.5) is 5.69 Å². The van der Waals surface area contributed by atoms with Crippen LogP contribution in [0.5, 0.6) is 0 Å². The van der Waals surface area contributed by atoms with Gasteiger partial charge in [-0.3, -0.25) is 4.79 Å². The summed E-state index contributed by atoms with van der Waals surface area (Å²) >= 11 is 5.35. The molecule has 3 nitrogen and oxygen atoms in total. The third-order valence-corrected chi connectivity index (χ3v) is 4.41. The number of hydrogen-bond donors (Lipinski definition) is 1. The number of hydrogen-bond acceptors (Lipinski definition) is 3. The van der Waals surface area contributed by atoms with Gasteiger partial charge in [-0.25, -0.2) is 0 Å². The van der Waals surface area contributed by atoms with Crippen molar-refractivity contribution in [3.63, 3.8) is 0 Å². The van der Waals surface area contributed by atoms with E-state index in [1.807, 2.05) is 17.8 Å². The number of rotatable bonds is 1. The van der Waals surface area contributed by atoms with E-state index in [1.54, 1.807) is 4.90 Å². The molecule has 1 amide bonds. The lowest BCUT2D eigenvalue weighted by Gasteiger charge is -2.33. The number of fused-ring (bicyclic) bond motifs is 1. The van der Waals surface area contributed by atoms with E-state index >= 15 is 0 Å². The van der Waals surface area contributed by atoms with Crippen LogP contribution in [-0.4, -0.2) is 24.2 Å². The molecule has 1 aromatic carbocycles. The summed E-state index contributed by atoms with van der Waals surface area (Å²) in [5.74, 6) is -0.0250. The van der Waals surface area contributed by atoms with Gasteiger partial charge in [0.1, 0.15) is 0 Å². The minimum Gasteiger partial charge on any atom is -0.322 e. The summed E-state index contributed by atoms with van der Waals surface area (Å²) in [5.41, 5.74) is 7.63. The highest BCUT2D eigenvalue weighted by atomic mass is 79.9. The minimum atomic E-state index is -0.0250. The monoisotopic (exact) mass is 314 g/mol. The zero-order valence-electron chi connectivity index (χ0n) is 9.87. The highest BCUT2D eigenvalue weighted by Crippen LogP contribution is 2.43. The third-order valence-electron chi connectivity index (χ3n) is 2.69. The van der Waals surface area contributed by atoms with Gasteiger partial charge in [-0.15, -0.1) is 11.8 Å². The molecule has 17 heavy (non-hydrogen) atoms. The summed E-state index contributed by atoms with van der Waals surface area (Å²) in [6.45, 7) is 4.95. The lowest BCUT2D eigenvalue weighted by Crippen LogP contribution is -2.42. The first-order valence-corrected chi connectivity index (χ1v) is 7.17. The number of nitrogens with two attached hydrogens (primary N) is 1. The van der Waals surface area contributed by atoms with Crippen LogP contribution in [0.3, 0.4) is 0 Å². The van der Waals surface area contributed by atoms with Crippen molar-refractivity contribution in [3.8, 4) is 0 Å². The summed E-state index contributed by atoms with van der Waals surface area (Å²) in [5, 5.41) is 0.395. The van der Waals surface area contributed by atoms with Gasteiger partial charge in [-0.2, -0.15) is 0 Å². The maximum Gasteiger partial charge on any atom is 0.240 e. The molecule has 0 saturated heterocycles. The molecule has 1 aliphatic heterocycles. The van der Waals surface area contributed by atoms with Crippen molar-refractivity contribution < 1.29 is 4.79 Å². The Morgan fingerprint density at radius 2 is 2.35 bits per heavy atom. The van der Waals surface area contributed by atoms with Gasteiger partial charge in [0, 0.05) is 21.2 Å². The second-order valence-corrected chi connectivity index (χ2v) is 6.57. The largest absolute Gasteiger partial charge is 0.322 e. The van der Waals surface area contributed by atoms with Crippen LogP contribution in [0.2, 0.25) is 0 Å². The van der Waals surface area contributed by atoms with Crippen molar-refractivity contribution in [2.75, 3.05) is 18.0 Å². The van der Waals surface area contributed by atoms with E-state index in [0.29, 0.717) is 5.25 Å². The van der Waals surface area contributed by atoms with E-state index in [-0.39, 0.29) is 12.5 Å². The molecule has 2 N–H and O–H groups in total. The molecule has 5 heteroatoms. The Labute approximate surface area is 114 Å². The Morgan fingerprint density at radius 1 is 1.65 bits per heavy atom. The van der Waals surface area contributed by atoms with Gasteiger partial charge in [0.25, 0.3) is 0 Å². The summed E-state index contributed by atoms with van der Waals surface area (Å²) < 4.78 is 0.966. The SMILES string of the molecule is Cc1cc(Br)c2c(c1)SC(C)CN2C(=O)CN. The molecule has 0 fully saturated rings. The van der Waals surface area contributed by atoms with Gasteiger partial charge in [-0.05, 0) is 40.5 Å². The molecule has 1 unspecified atom stereocenters. The first-order chi connectivity index (χ1) is 8.02. The van der Waals surface area contributed by atoms with Crippen molar-refractivity contribution in [2.24, 2.45) is 5.73 Å². The minimum absolute atomic E-state index is 0.0250. The van der Waals surface area contributed by atoms with Crippen LogP contribution in [0.1, 0.15) is 12.5 Å². The lowest BCUT2D eigenvalue weighted by molar-refractivity contribution is -0.117. The lowest BCUT2D eigenvalue weighted by atomic mass is 10.2. The van der Waals surface area contributed by atoms with E-state index in [9.17, 15) is 4.79 Å². The number of amides is 1. The molecule has 1 atom stereocenters. The molecule has 2 rings (SSSR count). The normalized spacial score (nSPS) is 19.1. The molecule has 1 aliphatic rings. The highest BCUT2D eigenvalue weighted by Gasteiger charge is 2.28. The molecule has 0 bridgehead atoms. The molecular weight excluding hydrogens is 300 g/mol. The highest BCUT2D eigenvalue weighted by molar-refractivity contribution is 9.10. The zero-order chi connectivity index (χ0) is 12.6. The Kier molecular flexibility index (Phi) is 3.80. The van der Waals surface area contributed by atoms with Crippen LogP contribution in [0, 0.1) is 6.92 Å². The maximum absolute atomic E-state index is 11.9. The first-order valence-electron chi connectivity index (χ1n) is 5.50. The third kappa shape index (κ3) is 2.51. The van der Waals surface area contributed by atoms with Crippen molar-refractivity contribution in [3.05, 3.63) is 22.2 Å². The predicted octanol–water partition coefficient (Wildman–Crippen LogP) is 2.54. The average Bonchev–Trinajstić information content (AvgIpc) is 2.25. The van der Waals surface area contributed by atoms with Crippen molar-refractivity contribution in [1.29, 1.82) is 0 Å². The van der Waals surface area contributed by atoms with Gasteiger partial charge in [-0.1, -0.05) is 6.92 Å². The topological polar surface area (TPSA) is 46.3 Å². The quantitative estimate of drug-likeness (QED) is 0.866. The molecule has 0 aliphatic carbocycles. The Hall–Kier alpha value is -0.520. The summed E-state index contributed by atoms with van der Waals surface area (Å²) in [7, 11) is 0. The van der Waals surface area contributed by atoms with Gasteiger partial charge in [0.2, 0.25) is 5.91 Å². The second kappa shape index (κ2) is 5.00. The molecule has 0 aromatic heterocycles. The summed E-state index contributed by atoms with van der Waals surface area (Å²) in [6.07, 6.45) is 0. The number of carbonyl (C=O) groups is 1. The molecule has 1 aromatic rings. The van der Waals surface area contributed by atoms with Gasteiger partial charge in [0.05, 0.1) is 12.2 Å². The van der Waals surface area contributed by atoms with Crippen molar-refractivity contribution in [2.45, 2.75) is 24.0 Å². The summed E-state index contributed by atoms with van der Waals surface area (Å²) in [4.78, 5) is 14.8. The predicted molar refractivity (Wildman–Crippen MR) is 75.6 cm³/mol. The van der Waals surface area contributed by atoms with E-state index < -0.39 is 0 Å². The standard InChI is InChI=1S/C12H15BrN2OS/c1-7-3-9(13)12-10(4-7)17-8(2)6-15(12)11(16)5-14/h3-4,8H,5-6,14H2,1-2H3. The van der Waals surface area contributed by atoms with Crippen LogP contribution in [-0.2, 0) is 4.79 Å². The number of aryl methyl sites for hydroxylation is 1. The average molecular weight is 315 g/mol. The van der Waals surface area contributed by atoms with Crippen LogP contribution < -0.4 is 10.6 Å². The fourth-order valence-electron chi connectivity index (χ4n) is 1.99. The summed E-state index contributed by atoms with van der Waals surface area (Å²) in [6, 6.07) is 4.16. The fourth-order valence-corrected chi connectivity index (χ4v) is 4.16. The Balaban J connectivity index is 2.52. The van der Waals surface area contributed by atoms with Gasteiger partial charge < -0.3 is 10.6 Å².